The van der Waals surface area contributed by atoms with E-state index in [1.54, 1.807) is 0 Å². The Morgan fingerprint density at radius 2 is 1.73 bits per heavy atom. The SMILES string of the molecule is Cc1ccc(Cc2nsc(N3CCN(C(=O)Nc4ccc(C)cc4)[C@@H](C)C3)n2)cc1. The van der Waals surface area contributed by atoms with E-state index in [1.165, 1.54) is 28.2 Å². The van der Waals surface area contributed by atoms with E-state index >= 15 is 0 Å². The van der Waals surface area contributed by atoms with Crippen LogP contribution in [0.15, 0.2) is 48.5 Å². The first kappa shape index (κ1) is 20.3. The molecule has 30 heavy (non-hydrogen) atoms. The molecule has 6 nitrogen and oxygen atoms in total. The molecule has 7 heteroatoms. The van der Waals surface area contributed by atoms with Gasteiger partial charge in [0.15, 0.2) is 0 Å². The third-order valence-electron chi connectivity index (χ3n) is 5.40. The van der Waals surface area contributed by atoms with Crippen molar-refractivity contribution in [1.29, 1.82) is 0 Å². The monoisotopic (exact) mass is 421 g/mol. The number of urea groups is 1. The van der Waals surface area contributed by atoms with Gasteiger partial charge in [-0.05, 0) is 38.5 Å². The largest absolute Gasteiger partial charge is 0.343 e. The van der Waals surface area contributed by atoms with Crippen molar-refractivity contribution in [3.8, 4) is 0 Å². The number of amides is 2. The molecule has 1 atom stereocenters. The van der Waals surface area contributed by atoms with Crippen LogP contribution in [-0.2, 0) is 6.42 Å². The number of aromatic nitrogens is 2. The first-order valence-electron chi connectivity index (χ1n) is 10.3. The van der Waals surface area contributed by atoms with Gasteiger partial charge in [-0.25, -0.2) is 9.78 Å². The molecule has 2 heterocycles. The number of hydrogen-bond donors (Lipinski definition) is 1. The van der Waals surface area contributed by atoms with Crippen LogP contribution in [0.1, 0.15) is 29.4 Å². The predicted octanol–water partition coefficient (Wildman–Crippen LogP) is 4.49. The fraction of sp³-hybridized carbons (Fsp3) is 0.348. The quantitative estimate of drug-likeness (QED) is 0.674. The number of nitrogens with zero attached hydrogens (tertiary/aromatic N) is 4. The Morgan fingerprint density at radius 3 is 2.40 bits per heavy atom. The molecule has 3 aromatic rings. The highest BCUT2D eigenvalue weighted by molar-refractivity contribution is 7.09. The molecule has 1 aliphatic heterocycles. The van der Waals surface area contributed by atoms with Crippen LogP contribution >= 0.6 is 11.5 Å². The molecule has 1 aliphatic rings. The molecule has 0 saturated carbocycles. The van der Waals surface area contributed by atoms with Crippen molar-refractivity contribution in [3.05, 3.63) is 71.0 Å². The van der Waals surface area contributed by atoms with Gasteiger partial charge in [-0.15, -0.1) is 0 Å². The highest BCUT2D eigenvalue weighted by atomic mass is 32.1. The number of rotatable bonds is 4. The zero-order chi connectivity index (χ0) is 21.1. The molecule has 0 unspecified atom stereocenters. The fourth-order valence-electron chi connectivity index (χ4n) is 3.60. The Labute approximate surface area is 181 Å². The predicted molar refractivity (Wildman–Crippen MR) is 122 cm³/mol. The van der Waals surface area contributed by atoms with Gasteiger partial charge in [0.2, 0.25) is 5.13 Å². The number of nitrogens with one attached hydrogen (secondary N) is 1. The van der Waals surface area contributed by atoms with Crippen LogP contribution in [0.5, 0.6) is 0 Å². The van der Waals surface area contributed by atoms with Crippen LogP contribution < -0.4 is 10.2 Å². The number of benzene rings is 2. The van der Waals surface area contributed by atoms with Gasteiger partial charge < -0.3 is 15.1 Å². The lowest BCUT2D eigenvalue weighted by atomic mass is 10.1. The normalized spacial score (nSPS) is 16.6. The highest BCUT2D eigenvalue weighted by Gasteiger charge is 2.29. The molecule has 2 aromatic carbocycles. The van der Waals surface area contributed by atoms with Crippen LogP contribution in [0, 0.1) is 13.8 Å². The summed E-state index contributed by atoms with van der Waals surface area (Å²) in [5.41, 5.74) is 4.47. The van der Waals surface area contributed by atoms with E-state index in [2.05, 4.69) is 52.7 Å². The van der Waals surface area contributed by atoms with Gasteiger partial charge in [0.05, 0.1) is 0 Å². The molecule has 1 fully saturated rings. The van der Waals surface area contributed by atoms with Gasteiger partial charge in [0, 0.05) is 49.3 Å². The minimum Gasteiger partial charge on any atom is -0.343 e. The zero-order valence-electron chi connectivity index (χ0n) is 17.6. The number of piperazine rings is 1. The van der Waals surface area contributed by atoms with Gasteiger partial charge in [0.1, 0.15) is 5.82 Å². The summed E-state index contributed by atoms with van der Waals surface area (Å²) in [6.07, 6.45) is 0.741. The minimum atomic E-state index is -0.0525. The number of carbonyl (C=O) groups excluding carboxylic acids is 1. The molecule has 0 bridgehead atoms. The van der Waals surface area contributed by atoms with Crippen molar-refractivity contribution in [2.24, 2.45) is 0 Å². The maximum absolute atomic E-state index is 12.7. The van der Waals surface area contributed by atoms with Crippen LogP contribution in [0.2, 0.25) is 0 Å². The molecule has 4 rings (SSSR count). The summed E-state index contributed by atoms with van der Waals surface area (Å²) in [4.78, 5) is 21.6. The van der Waals surface area contributed by atoms with Crippen molar-refractivity contribution in [2.45, 2.75) is 33.2 Å². The van der Waals surface area contributed by atoms with E-state index in [9.17, 15) is 4.79 Å². The van der Waals surface area contributed by atoms with E-state index in [1.807, 2.05) is 36.1 Å². The third-order valence-corrected chi connectivity index (χ3v) is 6.22. The molecule has 0 radical (unpaired) electrons. The van der Waals surface area contributed by atoms with Gasteiger partial charge in [-0.1, -0.05) is 47.5 Å². The maximum Gasteiger partial charge on any atom is 0.322 e. The summed E-state index contributed by atoms with van der Waals surface area (Å²) in [6.45, 7) is 8.36. The maximum atomic E-state index is 12.7. The van der Waals surface area contributed by atoms with E-state index in [0.29, 0.717) is 6.54 Å². The van der Waals surface area contributed by atoms with E-state index in [4.69, 9.17) is 4.98 Å². The Balaban J connectivity index is 1.35. The molecule has 156 valence electrons. The average molecular weight is 422 g/mol. The second kappa shape index (κ2) is 8.83. The van der Waals surface area contributed by atoms with Gasteiger partial charge in [-0.3, -0.25) is 0 Å². The number of hydrogen-bond acceptors (Lipinski definition) is 5. The Bertz CT molecular complexity index is 999. The van der Waals surface area contributed by atoms with Crippen molar-refractivity contribution in [2.75, 3.05) is 29.9 Å². The molecule has 0 aliphatic carbocycles. The summed E-state index contributed by atoms with van der Waals surface area (Å²) >= 11 is 1.44. The van der Waals surface area contributed by atoms with Gasteiger partial charge >= 0.3 is 6.03 Å². The minimum absolute atomic E-state index is 0.0525. The van der Waals surface area contributed by atoms with Crippen LogP contribution in [-0.4, -0.2) is 46.0 Å². The lowest BCUT2D eigenvalue weighted by Crippen LogP contribution is -2.55. The van der Waals surface area contributed by atoms with E-state index in [-0.39, 0.29) is 12.1 Å². The topological polar surface area (TPSA) is 61.4 Å². The summed E-state index contributed by atoms with van der Waals surface area (Å²) in [5, 5.41) is 3.94. The molecular weight excluding hydrogens is 394 g/mol. The summed E-state index contributed by atoms with van der Waals surface area (Å²) in [6, 6.07) is 16.4. The molecule has 1 N–H and O–H groups in total. The third kappa shape index (κ3) is 4.79. The molecule has 1 aromatic heterocycles. The average Bonchev–Trinajstić information content (AvgIpc) is 3.20. The van der Waals surface area contributed by atoms with Crippen molar-refractivity contribution in [1.82, 2.24) is 14.3 Å². The van der Waals surface area contributed by atoms with Crippen molar-refractivity contribution >= 4 is 28.4 Å². The van der Waals surface area contributed by atoms with Gasteiger partial charge in [-0.2, -0.15) is 4.37 Å². The lowest BCUT2D eigenvalue weighted by molar-refractivity contribution is 0.185. The first-order valence-corrected chi connectivity index (χ1v) is 11.0. The Kier molecular flexibility index (Phi) is 5.99. The van der Waals surface area contributed by atoms with Crippen LogP contribution in [0.25, 0.3) is 0 Å². The van der Waals surface area contributed by atoms with Crippen LogP contribution in [0.3, 0.4) is 0 Å². The summed E-state index contributed by atoms with van der Waals surface area (Å²) < 4.78 is 4.55. The van der Waals surface area contributed by atoms with Crippen LogP contribution in [0.4, 0.5) is 15.6 Å². The molecule has 1 saturated heterocycles. The van der Waals surface area contributed by atoms with E-state index in [0.717, 1.165) is 36.2 Å². The second-order valence-electron chi connectivity index (χ2n) is 7.94. The number of carbonyl (C=O) groups is 1. The number of aryl methyl sites for hydroxylation is 2. The molecule has 0 spiro atoms. The van der Waals surface area contributed by atoms with Crippen molar-refractivity contribution in [3.63, 3.8) is 0 Å². The first-order chi connectivity index (χ1) is 14.5. The lowest BCUT2D eigenvalue weighted by Gasteiger charge is -2.39. The molecular formula is C23H27N5OS. The summed E-state index contributed by atoms with van der Waals surface area (Å²) in [7, 11) is 0. The highest BCUT2D eigenvalue weighted by Crippen LogP contribution is 2.23. The fourth-order valence-corrected chi connectivity index (χ4v) is 4.32. The second-order valence-corrected chi connectivity index (χ2v) is 8.67. The Morgan fingerprint density at radius 1 is 1.07 bits per heavy atom. The smallest absolute Gasteiger partial charge is 0.322 e. The Hall–Kier alpha value is -2.93. The van der Waals surface area contributed by atoms with Gasteiger partial charge in [0.25, 0.3) is 0 Å². The zero-order valence-corrected chi connectivity index (χ0v) is 18.4. The number of anilines is 2. The standard InChI is InChI=1S/C23H27N5OS/c1-16-4-8-19(9-5-16)14-21-25-23(30-26-21)27-12-13-28(18(3)15-27)22(29)24-20-10-6-17(2)7-11-20/h4-11,18H,12-15H2,1-3H3,(H,24,29)/t18-/m0/s1. The van der Waals surface area contributed by atoms with Crippen molar-refractivity contribution < 1.29 is 4.79 Å². The molecule has 2 amide bonds. The summed E-state index contributed by atoms with van der Waals surface area (Å²) in [5.74, 6) is 0.853. The van der Waals surface area contributed by atoms with E-state index < -0.39 is 0 Å².